The number of anilines is 3. The molecule has 0 saturated heterocycles. The van der Waals surface area contributed by atoms with Crippen LogP contribution in [0.4, 0.5) is 17.2 Å². The molecule has 3 rings (SSSR count). The zero-order chi connectivity index (χ0) is 19.4. The molecule has 0 unspecified atom stereocenters. The van der Waals surface area contributed by atoms with Crippen LogP contribution in [0.15, 0.2) is 54.9 Å². The smallest absolute Gasteiger partial charge is 0.274 e. The van der Waals surface area contributed by atoms with Gasteiger partial charge in [-0.2, -0.15) is 0 Å². The van der Waals surface area contributed by atoms with Crippen LogP contribution in [-0.4, -0.2) is 21.7 Å². The number of nitrogens with one attached hydrogen (secondary N) is 2. The Morgan fingerprint density at radius 2 is 1.67 bits per heavy atom. The standard InChI is InChI=1S/C21H20N4O2/c1-13-4-9-18(14(2)10-13)25-21(27)19-11-20(23-12-22-19)24-17-7-5-16(6-8-17)15(3)26/h4-12H,1-3H3,(H,25,27)(H,22,23,24). The van der Waals surface area contributed by atoms with Gasteiger partial charge >= 0.3 is 0 Å². The molecule has 6 nitrogen and oxygen atoms in total. The van der Waals surface area contributed by atoms with Crippen molar-refractivity contribution in [1.82, 2.24) is 9.97 Å². The van der Waals surface area contributed by atoms with E-state index in [0.717, 1.165) is 22.5 Å². The predicted octanol–water partition coefficient (Wildman–Crippen LogP) is 4.29. The van der Waals surface area contributed by atoms with Gasteiger partial charge in [0.15, 0.2) is 5.78 Å². The maximum atomic E-state index is 12.5. The SMILES string of the molecule is CC(=O)c1ccc(Nc2cc(C(=O)Nc3ccc(C)cc3C)ncn2)cc1. The first-order chi connectivity index (χ1) is 12.9. The zero-order valence-corrected chi connectivity index (χ0v) is 15.4. The van der Waals surface area contributed by atoms with E-state index >= 15 is 0 Å². The Kier molecular flexibility index (Phi) is 5.26. The summed E-state index contributed by atoms with van der Waals surface area (Å²) in [6, 6.07) is 14.5. The van der Waals surface area contributed by atoms with Gasteiger partial charge in [0, 0.05) is 23.0 Å². The van der Waals surface area contributed by atoms with E-state index in [2.05, 4.69) is 20.6 Å². The molecule has 6 heteroatoms. The van der Waals surface area contributed by atoms with Gasteiger partial charge in [-0.3, -0.25) is 9.59 Å². The van der Waals surface area contributed by atoms with Gasteiger partial charge in [0.05, 0.1) is 0 Å². The van der Waals surface area contributed by atoms with Gasteiger partial charge in [-0.25, -0.2) is 9.97 Å². The van der Waals surface area contributed by atoms with Crippen molar-refractivity contribution in [3.63, 3.8) is 0 Å². The average Bonchev–Trinajstić information content (AvgIpc) is 2.64. The van der Waals surface area contributed by atoms with E-state index in [1.807, 2.05) is 32.0 Å². The molecule has 1 amide bonds. The Morgan fingerprint density at radius 1 is 0.926 bits per heavy atom. The van der Waals surface area contributed by atoms with Gasteiger partial charge in [-0.15, -0.1) is 0 Å². The van der Waals surface area contributed by atoms with Crippen molar-refractivity contribution in [2.75, 3.05) is 10.6 Å². The summed E-state index contributed by atoms with van der Waals surface area (Å²) in [6.45, 7) is 5.47. The van der Waals surface area contributed by atoms with Crippen molar-refractivity contribution in [3.05, 3.63) is 77.2 Å². The van der Waals surface area contributed by atoms with Crippen LogP contribution in [0, 0.1) is 13.8 Å². The third-order valence-corrected chi connectivity index (χ3v) is 4.09. The van der Waals surface area contributed by atoms with Crippen LogP contribution < -0.4 is 10.6 Å². The van der Waals surface area contributed by atoms with E-state index in [4.69, 9.17) is 0 Å². The van der Waals surface area contributed by atoms with E-state index in [0.29, 0.717) is 11.4 Å². The highest BCUT2D eigenvalue weighted by Gasteiger charge is 2.11. The van der Waals surface area contributed by atoms with Gasteiger partial charge in [0.2, 0.25) is 0 Å². The number of aryl methyl sites for hydroxylation is 2. The van der Waals surface area contributed by atoms with Gasteiger partial charge < -0.3 is 10.6 Å². The Balaban J connectivity index is 1.74. The minimum Gasteiger partial charge on any atom is -0.340 e. The van der Waals surface area contributed by atoms with Crippen molar-refractivity contribution in [1.29, 1.82) is 0 Å². The number of benzene rings is 2. The van der Waals surface area contributed by atoms with Crippen molar-refractivity contribution < 1.29 is 9.59 Å². The fraction of sp³-hybridized carbons (Fsp3) is 0.143. The molecule has 0 bridgehead atoms. The molecule has 0 aliphatic carbocycles. The number of rotatable bonds is 5. The van der Waals surface area contributed by atoms with E-state index < -0.39 is 0 Å². The molecule has 1 aromatic heterocycles. The lowest BCUT2D eigenvalue weighted by molar-refractivity contribution is 0.101. The molecule has 0 spiro atoms. The number of aromatic nitrogens is 2. The number of Topliss-reactive ketones (excluding diaryl/α,β-unsaturated/α-hetero) is 1. The highest BCUT2D eigenvalue weighted by Crippen LogP contribution is 2.19. The highest BCUT2D eigenvalue weighted by atomic mass is 16.2. The molecule has 2 aromatic carbocycles. The quantitative estimate of drug-likeness (QED) is 0.663. The van der Waals surface area contributed by atoms with Crippen LogP contribution >= 0.6 is 0 Å². The van der Waals surface area contributed by atoms with E-state index in [9.17, 15) is 9.59 Å². The molecule has 0 aliphatic rings. The van der Waals surface area contributed by atoms with Crippen LogP contribution in [0.25, 0.3) is 0 Å². The maximum Gasteiger partial charge on any atom is 0.274 e. The Morgan fingerprint density at radius 3 is 2.33 bits per heavy atom. The van der Waals surface area contributed by atoms with E-state index in [1.165, 1.54) is 13.3 Å². The second kappa shape index (κ2) is 7.78. The molecule has 3 aromatic rings. The Hall–Kier alpha value is -3.54. The molecule has 0 aliphatic heterocycles. The molecule has 0 fully saturated rings. The average molecular weight is 360 g/mol. The number of amides is 1. The Labute approximate surface area is 157 Å². The third-order valence-electron chi connectivity index (χ3n) is 4.09. The molecular weight excluding hydrogens is 340 g/mol. The van der Waals surface area contributed by atoms with Gasteiger partial charge in [-0.1, -0.05) is 17.7 Å². The summed E-state index contributed by atoms with van der Waals surface area (Å²) in [5.41, 5.74) is 4.53. The van der Waals surface area contributed by atoms with E-state index in [-0.39, 0.29) is 17.4 Å². The lowest BCUT2D eigenvalue weighted by Gasteiger charge is -2.10. The summed E-state index contributed by atoms with van der Waals surface area (Å²) in [6.07, 6.45) is 1.34. The first-order valence-electron chi connectivity index (χ1n) is 8.51. The number of carbonyl (C=O) groups excluding carboxylic acids is 2. The van der Waals surface area contributed by atoms with Crippen molar-refractivity contribution >= 4 is 28.9 Å². The minimum atomic E-state index is -0.306. The van der Waals surface area contributed by atoms with Crippen LogP contribution in [0.5, 0.6) is 0 Å². The molecule has 0 saturated carbocycles. The fourth-order valence-electron chi connectivity index (χ4n) is 2.63. The summed E-state index contributed by atoms with van der Waals surface area (Å²) in [5, 5.41) is 5.98. The van der Waals surface area contributed by atoms with Crippen molar-refractivity contribution in [3.8, 4) is 0 Å². The monoisotopic (exact) mass is 360 g/mol. The lowest BCUT2D eigenvalue weighted by Crippen LogP contribution is -2.15. The molecule has 136 valence electrons. The number of carbonyl (C=O) groups is 2. The molecule has 27 heavy (non-hydrogen) atoms. The summed E-state index contributed by atoms with van der Waals surface area (Å²) in [4.78, 5) is 32.0. The molecule has 0 atom stereocenters. The number of hydrogen-bond donors (Lipinski definition) is 2. The molecule has 0 radical (unpaired) electrons. The summed E-state index contributed by atoms with van der Waals surface area (Å²) >= 11 is 0. The number of ketones is 1. The van der Waals surface area contributed by atoms with Crippen molar-refractivity contribution in [2.45, 2.75) is 20.8 Å². The summed E-state index contributed by atoms with van der Waals surface area (Å²) in [7, 11) is 0. The highest BCUT2D eigenvalue weighted by molar-refractivity contribution is 6.03. The largest absolute Gasteiger partial charge is 0.340 e. The summed E-state index contributed by atoms with van der Waals surface area (Å²) < 4.78 is 0. The van der Waals surface area contributed by atoms with Crippen LogP contribution in [0.1, 0.15) is 38.9 Å². The zero-order valence-electron chi connectivity index (χ0n) is 15.4. The fourth-order valence-corrected chi connectivity index (χ4v) is 2.63. The first kappa shape index (κ1) is 18.3. The van der Waals surface area contributed by atoms with Gasteiger partial charge in [0.1, 0.15) is 17.8 Å². The summed E-state index contributed by atoms with van der Waals surface area (Å²) in [5.74, 6) is 0.194. The van der Waals surface area contributed by atoms with E-state index in [1.54, 1.807) is 30.3 Å². The van der Waals surface area contributed by atoms with Gasteiger partial charge in [0.25, 0.3) is 5.91 Å². The number of nitrogens with zero attached hydrogens (tertiary/aromatic N) is 2. The predicted molar refractivity (Wildman–Crippen MR) is 106 cm³/mol. The number of hydrogen-bond acceptors (Lipinski definition) is 5. The topological polar surface area (TPSA) is 84.0 Å². The van der Waals surface area contributed by atoms with Crippen LogP contribution in [0.2, 0.25) is 0 Å². The van der Waals surface area contributed by atoms with Crippen molar-refractivity contribution in [2.24, 2.45) is 0 Å². The van der Waals surface area contributed by atoms with Crippen LogP contribution in [0.3, 0.4) is 0 Å². The third kappa shape index (κ3) is 4.55. The van der Waals surface area contributed by atoms with Gasteiger partial charge in [-0.05, 0) is 56.7 Å². The maximum absolute atomic E-state index is 12.5. The Bertz CT molecular complexity index is 997. The normalized spacial score (nSPS) is 10.3. The molecular formula is C21H20N4O2. The second-order valence-electron chi connectivity index (χ2n) is 6.32. The minimum absolute atomic E-state index is 0.00828. The molecule has 1 heterocycles. The second-order valence-corrected chi connectivity index (χ2v) is 6.32. The lowest BCUT2D eigenvalue weighted by atomic mass is 10.1. The molecule has 2 N–H and O–H groups in total. The van der Waals surface area contributed by atoms with Crippen LogP contribution in [-0.2, 0) is 0 Å². The first-order valence-corrected chi connectivity index (χ1v) is 8.51.